The quantitative estimate of drug-likeness (QED) is 0.394. The van der Waals surface area contributed by atoms with Crippen LogP contribution < -0.4 is 11.0 Å². The maximum absolute atomic E-state index is 13.9. The predicted molar refractivity (Wildman–Crippen MR) is 105 cm³/mol. The summed E-state index contributed by atoms with van der Waals surface area (Å²) in [6.45, 7) is 2.65. The summed E-state index contributed by atoms with van der Waals surface area (Å²) in [4.78, 5) is 17.4. The molecule has 27 heavy (non-hydrogen) atoms. The fraction of sp³-hybridized carbons (Fsp3) is 0.250. The molecular weight excluding hydrogens is 347 g/mol. The third-order valence-corrected chi connectivity index (χ3v) is 4.18. The molecule has 0 amide bonds. The van der Waals surface area contributed by atoms with Crippen molar-refractivity contribution in [1.82, 2.24) is 9.55 Å². The van der Waals surface area contributed by atoms with Crippen molar-refractivity contribution in [2.24, 2.45) is 5.10 Å². The smallest absolute Gasteiger partial charge is 0.262 e. The van der Waals surface area contributed by atoms with E-state index >= 15 is 0 Å². The van der Waals surface area contributed by atoms with Crippen LogP contribution in [-0.4, -0.2) is 29.0 Å². The van der Waals surface area contributed by atoms with E-state index in [0.717, 1.165) is 0 Å². The first-order chi connectivity index (χ1) is 13.1. The van der Waals surface area contributed by atoms with Gasteiger partial charge in [-0.25, -0.2) is 14.8 Å². The van der Waals surface area contributed by atoms with Gasteiger partial charge in [-0.3, -0.25) is 9.36 Å². The van der Waals surface area contributed by atoms with E-state index in [-0.39, 0.29) is 11.4 Å². The van der Waals surface area contributed by atoms with Crippen molar-refractivity contribution in [3.63, 3.8) is 0 Å². The summed E-state index contributed by atoms with van der Waals surface area (Å²) in [5.74, 6) is -0.0463. The van der Waals surface area contributed by atoms with E-state index in [9.17, 15) is 9.18 Å². The van der Waals surface area contributed by atoms with Gasteiger partial charge < -0.3 is 4.74 Å². The average molecular weight is 368 g/mol. The monoisotopic (exact) mass is 368 g/mol. The highest BCUT2D eigenvalue weighted by Crippen LogP contribution is 2.13. The Labute approximate surface area is 156 Å². The Kier molecular flexibility index (Phi) is 5.93. The lowest BCUT2D eigenvalue weighted by atomic mass is 10.1. The Bertz CT molecular complexity index is 1030. The highest BCUT2D eigenvalue weighted by Gasteiger charge is 2.11. The molecular formula is C20H21FN4O2. The van der Waals surface area contributed by atoms with E-state index in [0.29, 0.717) is 47.7 Å². The van der Waals surface area contributed by atoms with Gasteiger partial charge in [-0.2, -0.15) is 5.10 Å². The summed E-state index contributed by atoms with van der Waals surface area (Å²) >= 11 is 0. The number of nitrogens with one attached hydrogen (secondary N) is 1. The van der Waals surface area contributed by atoms with Gasteiger partial charge in [0, 0.05) is 25.8 Å². The molecule has 0 radical (unpaired) electrons. The number of anilines is 1. The zero-order valence-corrected chi connectivity index (χ0v) is 15.3. The van der Waals surface area contributed by atoms with Gasteiger partial charge in [-0.15, -0.1) is 0 Å². The normalized spacial score (nSPS) is 11.7. The van der Waals surface area contributed by atoms with E-state index < -0.39 is 0 Å². The van der Waals surface area contributed by atoms with Crippen LogP contribution in [0.15, 0.2) is 58.4 Å². The van der Waals surface area contributed by atoms with Gasteiger partial charge in [-0.05, 0) is 31.5 Å². The van der Waals surface area contributed by atoms with Gasteiger partial charge >= 0.3 is 0 Å². The third kappa shape index (κ3) is 4.20. The summed E-state index contributed by atoms with van der Waals surface area (Å²) in [5.41, 5.74) is 4.10. The number of hydrogen-bond acceptors (Lipinski definition) is 5. The molecule has 6 nitrogen and oxygen atoms in total. The summed E-state index contributed by atoms with van der Waals surface area (Å²) in [7, 11) is 1.61. The summed E-state index contributed by atoms with van der Waals surface area (Å²) in [6, 6.07) is 13.5. The van der Waals surface area contributed by atoms with Crippen molar-refractivity contribution in [2.75, 3.05) is 19.1 Å². The average Bonchev–Trinajstić information content (AvgIpc) is 2.68. The number of benzene rings is 2. The molecule has 0 aliphatic heterocycles. The zero-order valence-electron chi connectivity index (χ0n) is 15.3. The van der Waals surface area contributed by atoms with Crippen LogP contribution in [0.3, 0.4) is 0 Å². The molecule has 2 aromatic carbocycles. The maximum Gasteiger partial charge on any atom is 0.262 e. The van der Waals surface area contributed by atoms with E-state index in [1.807, 2.05) is 6.07 Å². The van der Waals surface area contributed by atoms with Crippen LogP contribution in [0.25, 0.3) is 10.9 Å². The lowest BCUT2D eigenvalue weighted by molar-refractivity contribution is 0.190. The highest BCUT2D eigenvalue weighted by molar-refractivity contribution is 5.99. The van der Waals surface area contributed by atoms with E-state index in [4.69, 9.17) is 4.74 Å². The Balaban J connectivity index is 1.99. The molecule has 0 saturated heterocycles. The van der Waals surface area contributed by atoms with Gasteiger partial charge in [-0.1, -0.05) is 30.3 Å². The SMILES string of the molecule is COCCCn1c(N/N=C(/C)c2ccccc2F)nc2ccccc2c1=O. The Morgan fingerprint density at radius 3 is 2.74 bits per heavy atom. The first-order valence-electron chi connectivity index (χ1n) is 8.65. The van der Waals surface area contributed by atoms with Crippen molar-refractivity contribution in [2.45, 2.75) is 19.9 Å². The van der Waals surface area contributed by atoms with Crippen LogP contribution in [-0.2, 0) is 11.3 Å². The molecule has 0 aliphatic carbocycles. The standard InChI is InChI=1S/C20H21FN4O2/c1-14(15-8-3-5-10-17(15)21)23-24-20-22-18-11-6-4-9-16(18)19(26)25(20)12-7-13-27-2/h3-6,8-11H,7,12-13H2,1-2H3,(H,22,24)/b23-14-. The second-order valence-corrected chi connectivity index (χ2v) is 6.04. The second-order valence-electron chi connectivity index (χ2n) is 6.04. The minimum atomic E-state index is -0.357. The van der Waals surface area contributed by atoms with Gasteiger partial charge in [0.15, 0.2) is 0 Å². The molecule has 0 fully saturated rings. The molecule has 7 heteroatoms. The number of fused-ring (bicyclic) bond motifs is 1. The minimum absolute atomic E-state index is 0.155. The van der Waals surface area contributed by atoms with Crippen molar-refractivity contribution in [3.05, 3.63) is 70.3 Å². The topological polar surface area (TPSA) is 68.5 Å². The Morgan fingerprint density at radius 1 is 1.22 bits per heavy atom. The number of halogens is 1. The van der Waals surface area contributed by atoms with Crippen molar-refractivity contribution in [3.8, 4) is 0 Å². The van der Waals surface area contributed by atoms with Crippen LogP contribution in [0, 0.1) is 5.82 Å². The lowest BCUT2D eigenvalue weighted by Gasteiger charge is -2.13. The fourth-order valence-electron chi connectivity index (χ4n) is 2.78. The molecule has 0 aliphatic rings. The number of aromatic nitrogens is 2. The molecule has 0 unspecified atom stereocenters. The number of rotatable bonds is 7. The summed E-state index contributed by atoms with van der Waals surface area (Å²) < 4.78 is 20.5. The van der Waals surface area contributed by atoms with Crippen molar-refractivity contribution in [1.29, 1.82) is 0 Å². The predicted octanol–water partition coefficient (Wildman–Crippen LogP) is 3.41. The minimum Gasteiger partial charge on any atom is -0.385 e. The summed E-state index contributed by atoms with van der Waals surface area (Å²) in [6.07, 6.45) is 0.654. The largest absolute Gasteiger partial charge is 0.385 e. The maximum atomic E-state index is 13.9. The van der Waals surface area contributed by atoms with Crippen LogP contribution in [0.5, 0.6) is 0 Å². The molecule has 0 spiro atoms. The number of nitrogens with zero attached hydrogens (tertiary/aromatic N) is 3. The van der Waals surface area contributed by atoms with Gasteiger partial charge in [0.1, 0.15) is 5.82 Å². The molecule has 0 atom stereocenters. The molecule has 3 rings (SSSR count). The van der Waals surface area contributed by atoms with Crippen LogP contribution in [0.2, 0.25) is 0 Å². The first-order valence-corrected chi connectivity index (χ1v) is 8.65. The lowest BCUT2D eigenvalue weighted by Crippen LogP contribution is -2.25. The van der Waals surface area contributed by atoms with E-state index in [1.54, 1.807) is 50.4 Å². The Morgan fingerprint density at radius 2 is 1.96 bits per heavy atom. The number of methoxy groups -OCH3 is 1. The Hall–Kier alpha value is -3.06. The van der Waals surface area contributed by atoms with E-state index in [1.165, 1.54) is 10.6 Å². The molecule has 140 valence electrons. The number of para-hydroxylation sites is 1. The van der Waals surface area contributed by atoms with Crippen molar-refractivity contribution >= 4 is 22.6 Å². The number of hydrogen-bond donors (Lipinski definition) is 1. The van der Waals surface area contributed by atoms with Crippen LogP contribution in [0.1, 0.15) is 18.9 Å². The van der Waals surface area contributed by atoms with Crippen LogP contribution in [0.4, 0.5) is 10.3 Å². The molecule has 0 bridgehead atoms. The highest BCUT2D eigenvalue weighted by atomic mass is 19.1. The van der Waals surface area contributed by atoms with Crippen LogP contribution >= 0.6 is 0 Å². The number of ether oxygens (including phenoxy) is 1. The molecule has 0 saturated carbocycles. The van der Waals surface area contributed by atoms with E-state index in [2.05, 4.69) is 15.5 Å². The molecule has 1 aromatic heterocycles. The zero-order chi connectivity index (χ0) is 19.2. The third-order valence-electron chi connectivity index (χ3n) is 4.18. The second kappa shape index (κ2) is 8.55. The molecule has 1 N–H and O–H groups in total. The van der Waals surface area contributed by atoms with Gasteiger partial charge in [0.25, 0.3) is 5.56 Å². The molecule has 1 heterocycles. The fourth-order valence-corrected chi connectivity index (χ4v) is 2.78. The summed E-state index contributed by atoms with van der Waals surface area (Å²) in [5, 5.41) is 4.77. The van der Waals surface area contributed by atoms with Crippen molar-refractivity contribution < 1.29 is 9.13 Å². The molecule has 3 aromatic rings. The first kappa shape index (κ1) is 18.7. The number of hydrazone groups is 1. The van der Waals surface area contributed by atoms with Gasteiger partial charge in [0.2, 0.25) is 5.95 Å². The van der Waals surface area contributed by atoms with Gasteiger partial charge in [0.05, 0.1) is 16.6 Å².